The van der Waals surface area contributed by atoms with Gasteiger partial charge in [-0.2, -0.15) is 5.26 Å². The molecule has 0 spiro atoms. The van der Waals surface area contributed by atoms with Crippen molar-refractivity contribution in [3.8, 4) is 6.07 Å². The monoisotopic (exact) mass is 110 g/mol. The number of rotatable bonds is 1. The van der Waals surface area contributed by atoms with Gasteiger partial charge in [0.05, 0.1) is 6.07 Å². The van der Waals surface area contributed by atoms with Crippen LogP contribution in [0, 0.1) is 17.2 Å². The Hall–Kier alpha value is -0.970. The zero-order valence-corrected chi connectivity index (χ0v) is 5.18. The van der Waals surface area contributed by atoms with Gasteiger partial charge in [0, 0.05) is 11.8 Å². The zero-order valence-electron chi connectivity index (χ0n) is 5.18. The lowest BCUT2D eigenvalue weighted by Crippen LogP contribution is -1.94. The lowest BCUT2D eigenvalue weighted by Gasteiger charge is -1.96. The van der Waals surface area contributed by atoms with E-state index in [9.17, 15) is 0 Å². The molecule has 0 aliphatic rings. The van der Waals surface area contributed by atoms with Crippen molar-refractivity contribution in [1.29, 1.82) is 5.26 Å². The molecule has 0 amide bonds. The minimum absolute atomic E-state index is 0.255. The summed E-state index contributed by atoms with van der Waals surface area (Å²) in [5.41, 5.74) is 5.74. The van der Waals surface area contributed by atoms with Crippen LogP contribution in [0.15, 0.2) is 11.8 Å². The first kappa shape index (κ1) is 7.03. The Labute approximate surface area is 49.6 Å². The van der Waals surface area contributed by atoms with Crippen LogP contribution in [0.5, 0.6) is 0 Å². The van der Waals surface area contributed by atoms with Gasteiger partial charge < -0.3 is 5.73 Å². The maximum absolute atomic E-state index is 8.30. The molecule has 2 N–H and O–H groups in total. The van der Waals surface area contributed by atoms with Crippen LogP contribution in [0.4, 0.5) is 0 Å². The molecule has 0 aliphatic heterocycles. The third-order valence-corrected chi connectivity index (χ3v) is 0.931. The molecule has 0 unspecified atom stereocenters. The summed E-state index contributed by atoms with van der Waals surface area (Å²) >= 11 is 0. The minimum atomic E-state index is 0.255. The van der Waals surface area contributed by atoms with Crippen LogP contribution >= 0.6 is 0 Å². The second-order valence-electron chi connectivity index (χ2n) is 1.89. The molecule has 8 heavy (non-hydrogen) atoms. The Morgan fingerprint density at radius 1 is 1.75 bits per heavy atom. The van der Waals surface area contributed by atoms with Crippen LogP contribution < -0.4 is 5.73 Å². The third kappa shape index (κ3) is 1.65. The van der Waals surface area contributed by atoms with E-state index in [4.69, 9.17) is 11.0 Å². The standard InChI is InChI=1S/C6H10N2/c1-5(2)6(3-7)4-8/h3,5H,7H2,1-2H3/b6-3-. The zero-order chi connectivity index (χ0) is 6.57. The quantitative estimate of drug-likeness (QED) is 0.512. The maximum atomic E-state index is 8.30. The summed E-state index contributed by atoms with van der Waals surface area (Å²) in [6, 6.07) is 1.99. The van der Waals surface area contributed by atoms with Crippen molar-refractivity contribution in [2.75, 3.05) is 0 Å². The van der Waals surface area contributed by atoms with Crippen LogP contribution in [-0.4, -0.2) is 0 Å². The molecular weight excluding hydrogens is 100 g/mol. The number of hydrogen-bond donors (Lipinski definition) is 1. The Morgan fingerprint density at radius 3 is 2.25 bits per heavy atom. The highest BCUT2D eigenvalue weighted by molar-refractivity contribution is 5.20. The van der Waals surface area contributed by atoms with Crippen LogP contribution in [0.25, 0.3) is 0 Å². The molecule has 0 radical (unpaired) electrons. The normalized spacial score (nSPS) is 11.5. The number of nitriles is 1. The van der Waals surface area contributed by atoms with Gasteiger partial charge in [-0.05, 0) is 5.92 Å². The smallest absolute Gasteiger partial charge is 0.0964 e. The van der Waals surface area contributed by atoms with E-state index in [2.05, 4.69) is 0 Å². The lowest BCUT2D eigenvalue weighted by molar-refractivity contribution is 0.792. The van der Waals surface area contributed by atoms with Gasteiger partial charge in [0.25, 0.3) is 0 Å². The second kappa shape index (κ2) is 3.09. The summed E-state index contributed by atoms with van der Waals surface area (Å²) in [4.78, 5) is 0. The predicted molar refractivity (Wildman–Crippen MR) is 32.7 cm³/mol. The van der Waals surface area contributed by atoms with Crippen LogP contribution in [0.1, 0.15) is 13.8 Å². The average Bonchev–Trinajstić information content (AvgIpc) is 1.69. The fourth-order valence-corrected chi connectivity index (χ4v) is 0.359. The highest BCUT2D eigenvalue weighted by Crippen LogP contribution is 2.04. The van der Waals surface area contributed by atoms with E-state index in [0.29, 0.717) is 5.57 Å². The van der Waals surface area contributed by atoms with Crippen molar-refractivity contribution in [2.45, 2.75) is 13.8 Å². The highest BCUT2D eigenvalue weighted by Gasteiger charge is 1.97. The number of nitrogens with zero attached hydrogens (tertiary/aromatic N) is 1. The Morgan fingerprint density at radius 2 is 2.25 bits per heavy atom. The van der Waals surface area contributed by atoms with Gasteiger partial charge >= 0.3 is 0 Å². The third-order valence-electron chi connectivity index (χ3n) is 0.931. The molecule has 0 rings (SSSR count). The summed E-state index contributed by atoms with van der Waals surface area (Å²) in [5.74, 6) is 0.255. The van der Waals surface area contributed by atoms with E-state index >= 15 is 0 Å². The Bertz CT molecular complexity index is 128. The first-order valence-electron chi connectivity index (χ1n) is 2.54. The van der Waals surface area contributed by atoms with Gasteiger partial charge in [0.1, 0.15) is 0 Å². The molecule has 0 fully saturated rings. The second-order valence-corrected chi connectivity index (χ2v) is 1.89. The van der Waals surface area contributed by atoms with Gasteiger partial charge in [0.2, 0.25) is 0 Å². The molecule has 0 aromatic heterocycles. The number of nitrogens with two attached hydrogens (primary N) is 1. The van der Waals surface area contributed by atoms with Gasteiger partial charge in [0.15, 0.2) is 0 Å². The first-order chi connectivity index (χ1) is 3.72. The van der Waals surface area contributed by atoms with E-state index in [1.807, 2.05) is 19.9 Å². The fraction of sp³-hybridized carbons (Fsp3) is 0.500. The summed E-state index contributed by atoms with van der Waals surface area (Å²) in [6.07, 6.45) is 1.35. The van der Waals surface area contributed by atoms with E-state index < -0.39 is 0 Å². The summed E-state index contributed by atoms with van der Waals surface area (Å²) in [5, 5.41) is 8.30. The van der Waals surface area contributed by atoms with Crippen molar-refractivity contribution < 1.29 is 0 Å². The largest absolute Gasteiger partial charge is 0.404 e. The van der Waals surface area contributed by atoms with Crippen molar-refractivity contribution in [3.63, 3.8) is 0 Å². The average molecular weight is 110 g/mol. The van der Waals surface area contributed by atoms with E-state index in [-0.39, 0.29) is 5.92 Å². The van der Waals surface area contributed by atoms with E-state index in [1.165, 1.54) is 6.20 Å². The van der Waals surface area contributed by atoms with Crippen LogP contribution in [0.3, 0.4) is 0 Å². The molecule has 0 heterocycles. The van der Waals surface area contributed by atoms with Gasteiger partial charge in [-0.1, -0.05) is 13.8 Å². The van der Waals surface area contributed by atoms with Crippen LogP contribution in [0.2, 0.25) is 0 Å². The Balaban J connectivity index is 3.98. The molecule has 0 aliphatic carbocycles. The molecule has 44 valence electrons. The molecule has 0 saturated carbocycles. The summed E-state index contributed by atoms with van der Waals surface area (Å²) in [7, 11) is 0. The van der Waals surface area contributed by atoms with Crippen molar-refractivity contribution in [2.24, 2.45) is 11.7 Å². The molecule has 2 nitrogen and oxygen atoms in total. The molecule has 0 aromatic carbocycles. The topological polar surface area (TPSA) is 49.8 Å². The Kier molecular flexibility index (Phi) is 2.71. The molecule has 2 heteroatoms. The van der Waals surface area contributed by atoms with Crippen molar-refractivity contribution >= 4 is 0 Å². The summed E-state index contributed by atoms with van der Waals surface area (Å²) < 4.78 is 0. The maximum Gasteiger partial charge on any atom is 0.0964 e. The number of allylic oxidation sites excluding steroid dienone is 1. The van der Waals surface area contributed by atoms with Gasteiger partial charge in [-0.3, -0.25) is 0 Å². The van der Waals surface area contributed by atoms with E-state index in [1.54, 1.807) is 0 Å². The molecule has 0 saturated heterocycles. The predicted octanol–water partition coefficient (Wildman–Crippen LogP) is 1.01. The molecule has 0 aromatic rings. The van der Waals surface area contributed by atoms with E-state index in [0.717, 1.165) is 0 Å². The summed E-state index contributed by atoms with van der Waals surface area (Å²) in [6.45, 7) is 3.86. The fourth-order valence-electron chi connectivity index (χ4n) is 0.359. The van der Waals surface area contributed by atoms with Crippen LogP contribution in [-0.2, 0) is 0 Å². The molecule has 0 bridgehead atoms. The van der Waals surface area contributed by atoms with Gasteiger partial charge in [-0.15, -0.1) is 0 Å². The molecule has 0 atom stereocenters. The highest BCUT2D eigenvalue weighted by atomic mass is 14.5. The minimum Gasteiger partial charge on any atom is -0.404 e. The van der Waals surface area contributed by atoms with Crippen molar-refractivity contribution in [3.05, 3.63) is 11.8 Å². The van der Waals surface area contributed by atoms with Gasteiger partial charge in [-0.25, -0.2) is 0 Å². The van der Waals surface area contributed by atoms with Crippen molar-refractivity contribution in [1.82, 2.24) is 0 Å². The first-order valence-corrected chi connectivity index (χ1v) is 2.54. The number of hydrogen-bond acceptors (Lipinski definition) is 2. The molecular formula is C6H10N2. The SMILES string of the molecule is CC(C)/C(C#N)=C\N. The lowest BCUT2D eigenvalue weighted by atomic mass is 10.1.